The van der Waals surface area contributed by atoms with Crippen LogP contribution < -0.4 is 5.32 Å². The molecule has 1 aromatic carbocycles. The van der Waals surface area contributed by atoms with Gasteiger partial charge in [-0.25, -0.2) is 4.79 Å². The first-order valence-electron chi connectivity index (χ1n) is 8.17. The highest BCUT2D eigenvalue weighted by Crippen LogP contribution is 2.36. The van der Waals surface area contributed by atoms with E-state index in [0.29, 0.717) is 0 Å². The van der Waals surface area contributed by atoms with Crippen LogP contribution in [0.3, 0.4) is 0 Å². The van der Waals surface area contributed by atoms with Crippen molar-refractivity contribution in [3.8, 4) is 0 Å². The maximum atomic E-state index is 13.1. The summed E-state index contributed by atoms with van der Waals surface area (Å²) < 4.78 is 40.5. The lowest BCUT2D eigenvalue weighted by Crippen LogP contribution is -2.35. The molecule has 0 radical (unpaired) electrons. The van der Waals surface area contributed by atoms with Gasteiger partial charge in [0.1, 0.15) is 0 Å². The molecule has 146 valence electrons. The number of carboxylic acid groups (broad SMARTS) is 1. The number of carbonyl (C=O) groups excluding carboxylic acids is 1. The molecule has 2 aromatic rings. The molecule has 1 unspecified atom stereocenters. The fourth-order valence-electron chi connectivity index (χ4n) is 2.58. The number of carbonyl (C=O) groups is 2. The van der Waals surface area contributed by atoms with E-state index in [1.165, 1.54) is 49.1 Å². The van der Waals surface area contributed by atoms with Crippen LogP contribution in [-0.4, -0.2) is 26.8 Å². The molecule has 1 atom stereocenters. The van der Waals surface area contributed by atoms with Crippen LogP contribution in [0.1, 0.15) is 44.2 Å². The summed E-state index contributed by atoms with van der Waals surface area (Å²) in [6, 6.07) is 5.14. The van der Waals surface area contributed by atoms with E-state index < -0.39 is 35.1 Å². The van der Waals surface area contributed by atoms with Gasteiger partial charge in [-0.2, -0.15) is 18.3 Å². The summed E-state index contributed by atoms with van der Waals surface area (Å²) >= 11 is 0. The van der Waals surface area contributed by atoms with Crippen LogP contribution in [0.4, 0.5) is 18.9 Å². The van der Waals surface area contributed by atoms with E-state index in [1.807, 2.05) is 0 Å². The number of hydrogen-bond acceptors (Lipinski definition) is 3. The molecule has 1 heterocycles. The Bertz CT molecular complexity index is 844. The number of hydrogen-bond donors (Lipinski definition) is 2. The maximum absolute atomic E-state index is 13.1. The van der Waals surface area contributed by atoms with Gasteiger partial charge in [-0.3, -0.25) is 9.48 Å². The van der Waals surface area contributed by atoms with Gasteiger partial charge in [0.05, 0.1) is 17.4 Å². The molecule has 0 bridgehead atoms. The minimum absolute atomic E-state index is 0.0443. The van der Waals surface area contributed by atoms with Gasteiger partial charge in [-0.05, 0) is 31.4 Å². The van der Waals surface area contributed by atoms with Crippen LogP contribution in [0.2, 0.25) is 0 Å². The Morgan fingerprint density at radius 3 is 2.48 bits per heavy atom. The van der Waals surface area contributed by atoms with Crippen molar-refractivity contribution >= 4 is 17.6 Å². The topological polar surface area (TPSA) is 84.2 Å². The van der Waals surface area contributed by atoms with Gasteiger partial charge < -0.3 is 10.4 Å². The summed E-state index contributed by atoms with van der Waals surface area (Å²) in [7, 11) is 0. The molecule has 2 N–H and O–H groups in total. The molecule has 0 spiro atoms. The first-order valence-corrected chi connectivity index (χ1v) is 8.17. The Hall–Kier alpha value is -2.84. The van der Waals surface area contributed by atoms with E-state index in [-0.39, 0.29) is 17.7 Å². The highest BCUT2D eigenvalue weighted by Gasteiger charge is 2.34. The molecular weight excluding hydrogens is 363 g/mol. The van der Waals surface area contributed by atoms with Crippen molar-refractivity contribution in [1.29, 1.82) is 0 Å². The lowest BCUT2D eigenvalue weighted by Gasteiger charge is -2.19. The van der Waals surface area contributed by atoms with Gasteiger partial charge in [0, 0.05) is 12.6 Å². The molecule has 0 aliphatic carbocycles. The number of nitrogens with one attached hydrogen (secondary N) is 1. The second-order valence-corrected chi connectivity index (χ2v) is 6.78. The molecule has 27 heavy (non-hydrogen) atoms. The highest BCUT2D eigenvalue weighted by molar-refractivity contribution is 5.91. The van der Waals surface area contributed by atoms with Crippen molar-refractivity contribution in [1.82, 2.24) is 9.78 Å². The number of anilines is 1. The second-order valence-electron chi connectivity index (χ2n) is 6.78. The zero-order valence-electron chi connectivity index (χ0n) is 15.0. The van der Waals surface area contributed by atoms with Crippen molar-refractivity contribution in [2.75, 3.05) is 5.32 Å². The third-order valence-corrected chi connectivity index (χ3v) is 4.25. The fraction of sp³-hybridized carbons (Fsp3) is 0.389. The van der Waals surface area contributed by atoms with Crippen molar-refractivity contribution in [3.63, 3.8) is 0 Å². The Kier molecular flexibility index (Phi) is 5.62. The average molecular weight is 383 g/mol. The lowest BCUT2D eigenvalue weighted by atomic mass is 9.92. The van der Waals surface area contributed by atoms with Crippen LogP contribution in [0.25, 0.3) is 0 Å². The number of carboxylic acids is 1. The molecule has 6 nitrogen and oxygen atoms in total. The van der Waals surface area contributed by atoms with E-state index in [4.69, 9.17) is 0 Å². The van der Waals surface area contributed by atoms with Crippen molar-refractivity contribution in [3.05, 3.63) is 47.8 Å². The number of aromatic nitrogens is 2. The molecular formula is C18H20F3N3O3. The minimum Gasteiger partial charge on any atom is -0.479 e. The SMILES string of the molecule is CC(CC(=O)Nc1cnn(C(C)(C)C(=O)O)c1)c1ccccc1C(F)(F)F. The standard InChI is InChI=1S/C18H20F3N3O3/c1-11(13-6-4-5-7-14(13)18(19,20)21)8-15(25)23-12-9-22-24(10-12)17(2,3)16(26)27/h4-7,9-11H,8H2,1-3H3,(H,23,25)(H,26,27). The van der Waals surface area contributed by atoms with Gasteiger partial charge in [-0.15, -0.1) is 0 Å². The lowest BCUT2D eigenvalue weighted by molar-refractivity contribution is -0.146. The van der Waals surface area contributed by atoms with E-state index in [2.05, 4.69) is 10.4 Å². The molecule has 0 aliphatic heterocycles. The first-order chi connectivity index (χ1) is 12.4. The predicted molar refractivity (Wildman–Crippen MR) is 92.3 cm³/mol. The predicted octanol–water partition coefficient (Wildman–Crippen LogP) is 3.85. The monoisotopic (exact) mass is 383 g/mol. The normalized spacial score (nSPS) is 13.3. The summed E-state index contributed by atoms with van der Waals surface area (Å²) in [5, 5.41) is 15.6. The number of amides is 1. The number of halogens is 3. The molecule has 0 fully saturated rings. The molecule has 0 saturated heterocycles. The van der Waals surface area contributed by atoms with Gasteiger partial charge in [0.25, 0.3) is 0 Å². The Morgan fingerprint density at radius 1 is 1.26 bits per heavy atom. The summed E-state index contributed by atoms with van der Waals surface area (Å²) in [5.41, 5.74) is -1.75. The largest absolute Gasteiger partial charge is 0.479 e. The van der Waals surface area contributed by atoms with Gasteiger partial charge in [0.15, 0.2) is 5.54 Å². The van der Waals surface area contributed by atoms with Crippen molar-refractivity contribution in [2.45, 2.75) is 44.8 Å². The maximum Gasteiger partial charge on any atom is 0.416 e. The molecule has 2 rings (SSSR count). The summed E-state index contributed by atoms with van der Waals surface area (Å²) in [6.45, 7) is 4.44. The van der Waals surface area contributed by atoms with E-state index in [1.54, 1.807) is 6.92 Å². The highest BCUT2D eigenvalue weighted by atomic mass is 19.4. The molecule has 0 saturated carbocycles. The Morgan fingerprint density at radius 2 is 1.89 bits per heavy atom. The second kappa shape index (κ2) is 7.42. The molecule has 1 aromatic heterocycles. The smallest absolute Gasteiger partial charge is 0.416 e. The Balaban J connectivity index is 2.09. The zero-order chi connectivity index (χ0) is 20.4. The van der Waals surface area contributed by atoms with E-state index in [9.17, 15) is 27.9 Å². The number of nitrogens with zero attached hydrogens (tertiary/aromatic N) is 2. The summed E-state index contributed by atoms with van der Waals surface area (Å²) in [6.07, 6.45) is -2.01. The third kappa shape index (κ3) is 4.66. The van der Waals surface area contributed by atoms with Crippen LogP contribution >= 0.6 is 0 Å². The van der Waals surface area contributed by atoms with Crippen molar-refractivity contribution < 1.29 is 27.9 Å². The quantitative estimate of drug-likeness (QED) is 0.794. The van der Waals surface area contributed by atoms with E-state index in [0.717, 1.165) is 6.07 Å². The number of alkyl halides is 3. The minimum atomic E-state index is -4.50. The van der Waals surface area contributed by atoms with Gasteiger partial charge >= 0.3 is 12.1 Å². The van der Waals surface area contributed by atoms with Crippen LogP contribution in [-0.2, 0) is 21.3 Å². The van der Waals surface area contributed by atoms with Crippen molar-refractivity contribution in [2.24, 2.45) is 0 Å². The van der Waals surface area contributed by atoms with Crippen LogP contribution in [0, 0.1) is 0 Å². The van der Waals surface area contributed by atoms with Gasteiger partial charge in [-0.1, -0.05) is 25.1 Å². The molecule has 1 amide bonds. The van der Waals surface area contributed by atoms with Gasteiger partial charge in [0.2, 0.25) is 5.91 Å². The summed E-state index contributed by atoms with van der Waals surface area (Å²) in [4.78, 5) is 23.4. The first kappa shape index (κ1) is 20.5. The zero-order valence-corrected chi connectivity index (χ0v) is 15.0. The summed E-state index contributed by atoms with van der Waals surface area (Å²) in [5.74, 6) is -2.25. The third-order valence-electron chi connectivity index (χ3n) is 4.25. The van der Waals surface area contributed by atoms with E-state index >= 15 is 0 Å². The van der Waals surface area contributed by atoms with Crippen LogP contribution in [0.15, 0.2) is 36.7 Å². The van der Waals surface area contributed by atoms with Crippen LogP contribution in [0.5, 0.6) is 0 Å². The number of rotatable bonds is 6. The molecule has 9 heteroatoms. The Labute approximate surface area is 154 Å². The fourth-order valence-corrected chi connectivity index (χ4v) is 2.58. The molecule has 0 aliphatic rings. The number of benzene rings is 1. The average Bonchev–Trinajstić information content (AvgIpc) is 3.02. The number of aliphatic carboxylic acids is 1.